The minimum Gasteiger partial charge on any atom is -0.395 e. The fourth-order valence-electron chi connectivity index (χ4n) is 1.26. The molecule has 16 heavy (non-hydrogen) atoms. The molecule has 1 aromatic heterocycles. The van der Waals surface area contributed by atoms with Gasteiger partial charge in [0, 0.05) is 19.3 Å². The predicted octanol–water partition coefficient (Wildman–Crippen LogP) is 0.841. The van der Waals surface area contributed by atoms with Gasteiger partial charge in [-0.2, -0.15) is 0 Å². The van der Waals surface area contributed by atoms with E-state index in [1.807, 2.05) is 0 Å². The summed E-state index contributed by atoms with van der Waals surface area (Å²) in [5.41, 5.74) is 0.162. The van der Waals surface area contributed by atoms with Crippen LogP contribution in [0.3, 0.4) is 0 Å². The summed E-state index contributed by atoms with van der Waals surface area (Å²) in [5.74, 6) is -0.936. The summed E-state index contributed by atoms with van der Waals surface area (Å²) in [6, 6.07) is 1.11. The number of carbonyl (C=O) groups excluding carboxylic acids is 1. The highest BCUT2D eigenvalue weighted by Gasteiger charge is 2.14. The van der Waals surface area contributed by atoms with Crippen molar-refractivity contribution in [3.63, 3.8) is 0 Å². The Kier molecular flexibility index (Phi) is 4.60. The number of amides is 1. The first-order valence-electron chi connectivity index (χ1n) is 4.80. The number of nitrogens with zero attached hydrogens (tertiary/aromatic N) is 2. The quantitative estimate of drug-likeness (QED) is 0.754. The average Bonchev–Trinajstić information content (AvgIpc) is 2.28. The van der Waals surface area contributed by atoms with Crippen molar-refractivity contribution in [1.82, 2.24) is 9.88 Å². The topological polar surface area (TPSA) is 53.4 Å². The van der Waals surface area contributed by atoms with Gasteiger partial charge in [-0.15, -0.1) is 6.58 Å². The maximum atomic E-state index is 12.9. The van der Waals surface area contributed by atoms with Crippen LogP contribution in [0.15, 0.2) is 31.1 Å². The Balaban J connectivity index is 2.85. The van der Waals surface area contributed by atoms with Gasteiger partial charge in [-0.3, -0.25) is 9.78 Å². The predicted molar refractivity (Wildman–Crippen MR) is 57.4 cm³/mol. The van der Waals surface area contributed by atoms with E-state index in [0.717, 1.165) is 12.3 Å². The van der Waals surface area contributed by atoms with E-state index in [1.54, 1.807) is 6.08 Å². The third-order valence-corrected chi connectivity index (χ3v) is 1.96. The van der Waals surface area contributed by atoms with E-state index in [9.17, 15) is 9.18 Å². The summed E-state index contributed by atoms with van der Waals surface area (Å²) in [6.45, 7) is 3.84. The first-order valence-corrected chi connectivity index (χ1v) is 4.80. The Morgan fingerprint density at radius 1 is 1.62 bits per heavy atom. The normalized spacial score (nSPS) is 9.88. The molecule has 1 aromatic rings. The zero-order chi connectivity index (χ0) is 12.0. The van der Waals surface area contributed by atoms with E-state index in [4.69, 9.17) is 5.11 Å². The van der Waals surface area contributed by atoms with Crippen LogP contribution in [0.25, 0.3) is 0 Å². The Labute approximate surface area is 93.0 Å². The lowest BCUT2D eigenvalue weighted by Gasteiger charge is -2.19. The van der Waals surface area contributed by atoms with Gasteiger partial charge in [0.1, 0.15) is 5.82 Å². The van der Waals surface area contributed by atoms with Crippen LogP contribution in [0.2, 0.25) is 0 Å². The molecule has 0 aliphatic heterocycles. The molecule has 1 heterocycles. The Morgan fingerprint density at radius 3 is 2.94 bits per heavy atom. The number of halogens is 1. The summed E-state index contributed by atoms with van der Waals surface area (Å²) in [4.78, 5) is 16.8. The van der Waals surface area contributed by atoms with E-state index in [1.165, 1.54) is 11.1 Å². The summed E-state index contributed by atoms with van der Waals surface area (Å²) in [6.07, 6.45) is 3.86. The highest BCUT2D eigenvalue weighted by Crippen LogP contribution is 2.05. The van der Waals surface area contributed by atoms with Crippen molar-refractivity contribution >= 4 is 5.91 Å². The highest BCUT2D eigenvalue weighted by atomic mass is 19.1. The van der Waals surface area contributed by atoms with E-state index in [2.05, 4.69) is 11.6 Å². The molecule has 0 aliphatic rings. The van der Waals surface area contributed by atoms with Gasteiger partial charge in [0.25, 0.3) is 5.91 Å². The molecule has 0 unspecified atom stereocenters. The third-order valence-electron chi connectivity index (χ3n) is 1.96. The van der Waals surface area contributed by atoms with Gasteiger partial charge < -0.3 is 10.0 Å². The summed E-state index contributed by atoms with van der Waals surface area (Å²) < 4.78 is 12.9. The second kappa shape index (κ2) is 5.97. The molecule has 0 bridgehead atoms. The van der Waals surface area contributed by atoms with Gasteiger partial charge in [-0.05, 0) is 6.07 Å². The number of aliphatic hydroxyl groups is 1. The molecule has 0 atom stereocenters. The van der Waals surface area contributed by atoms with Gasteiger partial charge in [0.15, 0.2) is 0 Å². The van der Waals surface area contributed by atoms with Gasteiger partial charge in [0.2, 0.25) is 0 Å². The van der Waals surface area contributed by atoms with Crippen LogP contribution in [0.4, 0.5) is 4.39 Å². The second-order valence-corrected chi connectivity index (χ2v) is 3.16. The molecule has 0 aromatic carbocycles. The average molecular weight is 224 g/mol. The number of hydrogen-bond donors (Lipinski definition) is 1. The lowest BCUT2D eigenvalue weighted by molar-refractivity contribution is 0.0742. The summed E-state index contributed by atoms with van der Waals surface area (Å²) in [7, 11) is 0. The largest absolute Gasteiger partial charge is 0.395 e. The van der Waals surface area contributed by atoms with Gasteiger partial charge in [-0.1, -0.05) is 6.08 Å². The monoisotopic (exact) mass is 224 g/mol. The third kappa shape index (κ3) is 3.13. The van der Waals surface area contributed by atoms with Crippen molar-refractivity contribution < 1.29 is 14.3 Å². The summed E-state index contributed by atoms with van der Waals surface area (Å²) >= 11 is 0. The van der Waals surface area contributed by atoms with Crippen molar-refractivity contribution in [2.24, 2.45) is 0 Å². The lowest BCUT2D eigenvalue weighted by atomic mass is 10.2. The second-order valence-electron chi connectivity index (χ2n) is 3.16. The molecule has 0 saturated heterocycles. The first-order chi connectivity index (χ1) is 7.69. The molecule has 1 N–H and O–H groups in total. The van der Waals surface area contributed by atoms with Crippen LogP contribution in [0.1, 0.15) is 10.4 Å². The van der Waals surface area contributed by atoms with Crippen LogP contribution in [-0.2, 0) is 0 Å². The molecular formula is C11H13FN2O2. The van der Waals surface area contributed by atoms with E-state index >= 15 is 0 Å². The summed E-state index contributed by atoms with van der Waals surface area (Å²) in [5, 5.41) is 8.80. The number of carbonyl (C=O) groups is 1. The zero-order valence-corrected chi connectivity index (χ0v) is 8.77. The number of rotatable bonds is 5. The molecule has 86 valence electrons. The van der Waals surface area contributed by atoms with Crippen LogP contribution in [0, 0.1) is 5.82 Å². The molecular weight excluding hydrogens is 211 g/mol. The molecule has 1 rings (SSSR count). The number of aliphatic hydroxyl groups excluding tert-OH is 1. The first kappa shape index (κ1) is 12.3. The molecule has 0 fully saturated rings. The zero-order valence-electron chi connectivity index (χ0n) is 8.77. The van der Waals surface area contributed by atoms with Crippen LogP contribution >= 0.6 is 0 Å². The van der Waals surface area contributed by atoms with Gasteiger partial charge in [0.05, 0.1) is 18.4 Å². The van der Waals surface area contributed by atoms with E-state index in [-0.39, 0.29) is 24.6 Å². The maximum Gasteiger partial charge on any atom is 0.255 e. The number of aromatic nitrogens is 1. The Morgan fingerprint density at radius 2 is 2.38 bits per heavy atom. The maximum absolute atomic E-state index is 12.9. The fraction of sp³-hybridized carbons (Fsp3) is 0.273. The van der Waals surface area contributed by atoms with E-state index < -0.39 is 5.82 Å². The molecule has 0 saturated carbocycles. The standard InChI is InChI=1S/C11H13FN2O2/c1-2-3-14(4-5-15)11(16)9-6-10(12)8-13-7-9/h2,6-8,15H,1,3-5H2. The highest BCUT2D eigenvalue weighted by molar-refractivity contribution is 5.94. The lowest BCUT2D eigenvalue weighted by Crippen LogP contribution is -2.33. The fourth-order valence-corrected chi connectivity index (χ4v) is 1.26. The molecule has 0 spiro atoms. The molecule has 1 amide bonds. The van der Waals surface area contributed by atoms with Gasteiger partial charge in [-0.25, -0.2) is 4.39 Å². The van der Waals surface area contributed by atoms with Gasteiger partial charge >= 0.3 is 0 Å². The van der Waals surface area contributed by atoms with Crippen molar-refractivity contribution in [3.05, 3.63) is 42.5 Å². The van der Waals surface area contributed by atoms with Crippen molar-refractivity contribution in [3.8, 4) is 0 Å². The van der Waals surface area contributed by atoms with E-state index in [0.29, 0.717) is 6.54 Å². The molecule has 4 nitrogen and oxygen atoms in total. The minimum atomic E-state index is -0.562. The van der Waals surface area contributed by atoms with Crippen LogP contribution in [-0.4, -0.2) is 40.6 Å². The number of hydrogen-bond acceptors (Lipinski definition) is 3. The van der Waals surface area contributed by atoms with Crippen LogP contribution in [0.5, 0.6) is 0 Å². The van der Waals surface area contributed by atoms with Crippen molar-refractivity contribution in [1.29, 1.82) is 0 Å². The SMILES string of the molecule is C=CCN(CCO)C(=O)c1cncc(F)c1. The molecule has 5 heteroatoms. The number of pyridine rings is 1. The van der Waals surface area contributed by atoms with Crippen molar-refractivity contribution in [2.75, 3.05) is 19.7 Å². The minimum absolute atomic E-state index is 0.150. The Bertz CT molecular complexity index is 382. The van der Waals surface area contributed by atoms with Crippen LogP contribution < -0.4 is 0 Å². The molecule has 0 aliphatic carbocycles. The molecule has 0 radical (unpaired) electrons. The van der Waals surface area contributed by atoms with Crippen molar-refractivity contribution in [2.45, 2.75) is 0 Å². The smallest absolute Gasteiger partial charge is 0.255 e. The Hall–Kier alpha value is -1.75.